The van der Waals surface area contributed by atoms with Crippen molar-refractivity contribution in [3.63, 3.8) is 0 Å². The summed E-state index contributed by atoms with van der Waals surface area (Å²) in [6.07, 6.45) is 3.52. The molecule has 0 spiro atoms. The highest BCUT2D eigenvalue weighted by molar-refractivity contribution is 5.66. The van der Waals surface area contributed by atoms with E-state index in [1.807, 2.05) is 7.05 Å². The molecular weight excluding hydrogens is 252 g/mol. The van der Waals surface area contributed by atoms with Gasteiger partial charge in [0.1, 0.15) is 0 Å². The van der Waals surface area contributed by atoms with Gasteiger partial charge >= 0.3 is 5.97 Å². The van der Waals surface area contributed by atoms with Crippen LogP contribution in [-0.4, -0.2) is 42.2 Å². The van der Waals surface area contributed by atoms with Gasteiger partial charge in [-0.15, -0.1) is 0 Å². The van der Waals surface area contributed by atoms with Crippen molar-refractivity contribution < 1.29 is 9.90 Å². The number of nitrogens with one attached hydrogen (secondary N) is 1. The molecular formula is C16H24N2O2. The lowest BCUT2D eigenvalue weighted by Gasteiger charge is -2.25. The minimum atomic E-state index is -0.732. The molecule has 2 N–H and O–H groups in total. The van der Waals surface area contributed by atoms with Crippen LogP contribution in [0.15, 0.2) is 18.2 Å². The van der Waals surface area contributed by atoms with Crippen LogP contribution in [0.4, 0.5) is 5.69 Å². The average molecular weight is 276 g/mol. The number of aliphatic carboxylic acids is 1. The van der Waals surface area contributed by atoms with Gasteiger partial charge in [-0.25, -0.2) is 0 Å². The van der Waals surface area contributed by atoms with Gasteiger partial charge in [-0.1, -0.05) is 12.1 Å². The molecule has 0 bridgehead atoms. The summed E-state index contributed by atoms with van der Waals surface area (Å²) in [4.78, 5) is 12.7. The number of carboxylic acids is 1. The van der Waals surface area contributed by atoms with E-state index in [2.05, 4.69) is 35.3 Å². The Morgan fingerprint density at radius 3 is 3.05 bits per heavy atom. The Hall–Kier alpha value is -1.55. The highest BCUT2D eigenvalue weighted by Crippen LogP contribution is 2.23. The van der Waals surface area contributed by atoms with E-state index >= 15 is 0 Å². The second kappa shape index (κ2) is 6.75. The van der Waals surface area contributed by atoms with Crippen molar-refractivity contribution in [3.05, 3.63) is 29.3 Å². The van der Waals surface area contributed by atoms with Gasteiger partial charge in [0.05, 0.1) is 6.42 Å². The van der Waals surface area contributed by atoms with Gasteiger partial charge in [-0.3, -0.25) is 4.79 Å². The van der Waals surface area contributed by atoms with Gasteiger partial charge < -0.3 is 15.3 Å². The molecule has 0 aromatic heterocycles. The SMILES string of the molecule is CC(Cc1ccc2c(c1)CCCN2)N(C)CCC(=O)O. The minimum Gasteiger partial charge on any atom is -0.481 e. The summed E-state index contributed by atoms with van der Waals surface area (Å²) in [5.41, 5.74) is 4.02. The second-order valence-electron chi connectivity index (χ2n) is 5.70. The van der Waals surface area contributed by atoms with Gasteiger partial charge in [-0.2, -0.15) is 0 Å². The number of likely N-dealkylation sites (N-methyl/N-ethyl adjacent to an activating group) is 1. The van der Waals surface area contributed by atoms with Gasteiger partial charge in [0.25, 0.3) is 0 Å². The fourth-order valence-corrected chi connectivity index (χ4v) is 2.64. The standard InChI is InChI=1S/C16H24N2O2/c1-12(18(2)9-7-16(19)20)10-13-5-6-15-14(11-13)4-3-8-17-15/h5-6,11-12,17H,3-4,7-10H2,1-2H3,(H,19,20). The molecule has 0 aliphatic carbocycles. The molecule has 1 atom stereocenters. The number of nitrogens with zero attached hydrogens (tertiary/aromatic N) is 1. The fourth-order valence-electron chi connectivity index (χ4n) is 2.64. The lowest BCUT2D eigenvalue weighted by molar-refractivity contribution is -0.137. The summed E-state index contributed by atoms with van der Waals surface area (Å²) in [7, 11) is 1.99. The maximum absolute atomic E-state index is 10.6. The molecule has 4 nitrogen and oxygen atoms in total. The Balaban J connectivity index is 1.93. The largest absolute Gasteiger partial charge is 0.481 e. The molecule has 1 unspecified atom stereocenters. The number of fused-ring (bicyclic) bond motifs is 1. The minimum absolute atomic E-state index is 0.203. The number of aryl methyl sites for hydroxylation is 1. The molecule has 0 radical (unpaired) electrons. The molecule has 20 heavy (non-hydrogen) atoms. The molecule has 1 aliphatic heterocycles. The smallest absolute Gasteiger partial charge is 0.304 e. The normalized spacial score (nSPS) is 15.6. The van der Waals surface area contributed by atoms with Crippen LogP contribution in [0.2, 0.25) is 0 Å². The Kier molecular flexibility index (Phi) is 5.01. The first-order valence-electron chi connectivity index (χ1n) is 7.34. The quantitative estimate of drug-likeness (QED) is 0.837. The van der Waals surface area contributed by atoms with Gasteiger partial charge in [0, 0.05) is 24.8 Å². The Morgan fingerprint density at radius 2 is 2.30 bits per heavy atom. The molecule has 1 aromatic carbocycles. The molecule has 2 rings (SSSR count). The lowest BCUT2D eigenvalue weighted by Crippen LogP contribution is -2.32. The van der Waals surface area contributed by atoms with E-state index in [9.17, 15) is 4.79 Å². The van der Waals surface area contributed by atoms with Crippen molar-refractivity contribution in [1.29, 1.82) is 0 Å². The van der Waals surface area contributed by atoms with Crippen LogP contribution in [-0.2, 0) is 17.6 Å². The third-order valence-electron chi connectivity index (χ3n) is 4.07. The van der Waals surface area contributed by atoms with Crippen molar-refractivity contribution in [3.8, 4) is 0 Å². The van der Waals surface area contributed by atoms with Crippen LogP contribution >= 0.6 is 0 Å². The van der Waals surface area contributed by atoms with E-state index in [1.165, 1.54) is 23.2 Å². The maximum atomic E-state index is 10.6. The molecule has 1 aliphatic rings. The number of hydrogen-bond donors (Lipinski definition) is 2. The van der Waals surface area contributed by atoms with Crippen molar-refractivity contribution in [2.45, 2.75) is 38.6 Å². The van der Waals surface area contributed by atoms with Crippen LogP contribution in [0.25, 0.3) is 0 Å². The van der Waals surface area contributed by atoms with Crippen molar-refractivity contribution in [2.24, 2.45) is 0 Å². The number of benzene rings is 1. The summed E-state index contributed by atoms with van der Waals surface area (Å²) in [6.45, 7) is 3.82. The predicted molar refractivity (Wildman–Crippen MR) is 81.3 cm³/mol. The first-order chi connectivity index (χ1) is 9.56. The van der Waals surface area contributed by atoms with Crippen molar-refractivity contribution in [1.82, 2.24) is 4.90 Å². The zero-order valence-corrected chi connectivity index (χ0v) is 12.4. The Labute approximate surface area is 120 Å². The van der Waals surface area contributed by atoms with E-state index in [-0.39, 0.29) is 6.42 Å². The highest BCUT2D eigenvalue weighted by Gasteiger charge is 2.13. The zero-order valence-electron chi connectivity index (χ0n) is 12.4. The number of anilines is 1. The molecule has 4 heteroatoms. The van der Waals surface area contributed by atoms with Crippen LogP contribution < -0.4 is 5.32 Å². The molecule has 0 amide bonds. The Morgan fingerprint density at radius 1 is 1.50 bits per heavy atom. The highest BCUT2D eigenvalue weighted by atomic mass is 16.4. The van der Waals surface area contributed by atoms with E-state index in [4.69, 9.17) is 5.11 Å². The van der Waals surface area contributed by atoms with Gasteiger partial charge in [-0.05, 0) is 50.4 Å². The predicted octanol–water partition coefficient (Wildman–Crippen LogP) is 2.38. The third kappa shape index (κ3) is 3.97. The van der Waals surface area contributed by atoms with Crippen molar-refractivity contribution >= 4 is 11.7 Å². The topological polar surface area (TPSA) is 52.6 Å². The average Bonchev–Trinajstić information content (AvgIpc) is 2.44. The summed E-state index contributed by atoms with van der Waals surface area (Å²) >= 11 is 0. The van der Waals surface area contributed by atoms with Crippen LogP contribution in [0.1, 0.15) is 30.9 Å². The van der Waals surface area contributed by atoms with E-state index in [0.29, 0.717) is 12.6 Å². The van der Waals surface area contributed by atoms with Crippen LogP contribution in [0.5, 0.6) is 0 Å². The Bertz CT molecular complexity index is 474. The zero-order chi connectivity index (χ0) is 14.5. The van der Waals surface area contributed by atoms with Crippen LogP contribution in [0.3, 0.4) is 0 Å². The molecule has 0 saturated heterocycles. The molecule has 1 aromatic rings. The lowest BCUT2D eigenvalue weighted by atomic mass is 9.97. The first kappa shape index (κ1) is 14.9. The number of hydrogen-bond acceptors (Lipinski definition) is 3. The summed E-state index contributed by atoms with van der Waals surface area (Å²) in [5, 5.41) is 12.2. The van der Waals surface area contributed by atoms with Gasteiger partial charge in [0.15, 0.2) is 0 Å². The van der Waals surface area contributed by atoms with Gasteiger partial charge in [0.2, 0.25) is 0 Å². The second-order valence-corrected chi connectivity index (χ2v) is 5.70. The molecule has 110 valence electrons. The van der Waals surface area contributed by atoms with Crippen LogP contribution in [0, 0.1) is 0 Å². The van der Waals surface area contributed by atoms with E-state index in [0.717, 1.165) is 19.4 Å². The molecule has 0 fully saturated rings. The summed E-state index contributed by atoms with van der Waals surface area (Å²) in [6, 6.07) is 7.00. The fraction of sp³-hybridized carbons (Fsp3) is 0.562. The maximum Gasteiger partial charge on any atom is 0.304 e. The van der Waals surface area contributed by atoms with E-state index < -0.39 is 5.97 Å². The summed E-state index contributed by atoms with van der Waals surface area (Å²) in [5.74, 6) is -0.732. The number of rotatable bonds is 6. The molecule has 1 heterocycles. The first-order valence-corrected chi connectivity index (χ1v) is 7.34. The van der Waals surface area contributed by atoms with E-state index in [1.54, 1.807) is 0 Å². The van der Waals surface area contributed by atoms with Crippen molar-refractivity contribution in [2.75, 3.05) is 25.5 Å². The monoisotopic (exact) mass is 276 g/mol. The summed E-state index contributed by atoms with van der Waals surface area (Å²) < 4.78 is 0. The molecule has 0 saturated carbocycles. The number of carbonyl (C=O) groups is 1. The number of carboxylic acid groups (broad SMARTS) is 1. The third-order valence-corrected chi connectivity index (χ3v) is 4.07.